The normalized spacial score (nSPS) is 12.0. The predicted octanol–water partition coefficient (Wildman–Crippen LogP) is 3.58. The highest BCUT2D eigenvalue weighted by molar-refractivity contribution is 6.00. The highest BCUT2D eigenvalue weighted by atomic mass is 16.7. The van der Waals surface area contributed by atoms with Gasteiger partial charge in [-0.05, 0) is 24.1 Å². The van der Waals surface area contributed by atoms with E-state index in [2.05, 4.69) is 12.2 Å². The molecule has 0 saturated carbocycles. The molecule has 0 radical (unpaired) electrons. The van der Waals surface area contributed by atoms with Crippen LogP contribution in [0.5, 0.6) is 11.5 Å². The summed E-state index contributed by atoms with van der Waals surface area (Å²) in [4.78, 5) is 24.2. The van der Waals surface area contributed by atoms with E-state index < -0.39 is 0 Å². The van der Waals surface area contributed by atoms with E-state index in [1.54, 1.807) is 18.2 Å². The lowest BCUT2D eigenvalue weighted by molar-refractivity contribution is -0.116. The number of fused-ring (bicyclic) bond motifs is 1. The minimum atomic E-state index is -0.201. The molecule has 1 aliphatic rings. The van der Waals surface area contributed by atoms with Gasteiger partial charge in [0.15, 0.2) is 17.3 Å². The summed E-state index contributed by atoms with van der Waals surface area (Å²) < 4.78 is 10.5. The summed E-state index contributed by atoms with van der Waals surface area (Å²) in [6.45, 7) is 2.26. The van der Waals surface area contributed by atoms with Gasteiger partial charge in [0.1, 0.15) is 0 Å². The SMILES string of the molecule is CCc1ccc(C(=O)CCC(=O)Nc2ccc3c(c2)OCO3)cc1. The Hall–Kier alpha value is -2.82. The van der Waals surface area contributed by atoms with E-state index in [1.807, 2.05) is 24.3 Å². The number of ether oxygens (including phenoxy) is 2. The van der Waals surface area contributed by atoms with Crippen molar-refractivity contribution in [1.29, 1.82) is 0 Å². The molecule has 0 bridgehead atoms. The maximum atomic E-state index is 12.1. The van der Waals surface area contributed by atoms with Gasteiger partial charge < -0.3 is 14.8 Å². The minimum Gasteiger partial charge on any atom is -0.454 e. The number of hydrogen-bond donors (Lipinski definition) is 1. The number of carbonyl (C=O) groups is 2. The van der Waals surface area contributed by atoms with Gasteiger partial charge >= 0.3 is 0 Å². The van der Waals surface area contributed by atoms with Crippen LogP contribution in [-0.2, 0) is 11.2 Å². The third kappa shape index (κ3) is 3.74. The van der Waals surface area contributed by atoms with Crippen molar-refractivity contribution >= 4 is 17.4 Å². The van der Waals surface area contributed by atoms with Crippen LogP contribution in [0.4, 0.5) is 5.69 Å². The third-order valence-electron chi connectivity index (χ3n) is 3.92. The number of amides is 1. The van der Waals surface area contributed by atoms with E-state index in [1.165, 1.54) is 5.56 Å². The molecule has 0 aliphatic carbocycles. The van der Waals surface area contributed by atoms with Gasteiger partial charge in [0.2, 0.25) is 12.7 Å². The zero-order valence-corrected chi connectivity index (χ0v) is 13.5. The van der Waals surface area contributed by atoms with Crippen LogP contribution >= 0.6 is 0 Å². The van der Waals surface area contributed by atoms with E-state index in [0.717, 1.165) is 6.42 Å². The lowest BCUT2D eigenvalue weighted by atomic mass is 10.0. The average molecular weight is 325 g/mol. The number of Topliss-reactive ketones (excluding diaryl/α,β-unsaturated/α-hetero) is 1. The van der Waals surface area contributed by atoms with Crippen LogP contribution in [-0.4, -0.2) is 18.5 Å². The second-order valence-electron chi connectivity index (χ2n) is 5.59. The Balaban J connectivity index is 1.52. The number of anilines is 1. The van der Waals surface area contributed by atoms with Gasteiger partial charge in [-0.2, -0.15) is 0 Å². The summed E-state index contributed by atoms with van der Waals surface area (Å²) in [7, 11) is 0. The van der Waals surface area contributed by atoms with Gasteiger partial charge in [-0.15, -0.1) is 0 Å². The molecular formula is C19H19NO4. The van der Waals surface area contributed by atoms with E-state index in [9.17, 15) is 9.59 Å². The molecule has 5 heteroatoms. The number of nitrogens with one attached hydrogen (secondary N) is 1. The van der Waals surface area contributed by atoms with Crippen LogP contribution < -0.4 is 14.8 Å². The largest absolute Gasteiger partial charge is 0.454 e. The van der Waals surface area contributed by atoms with E-state index in [-0.39, 0.29) is 31.3 Å². The summed E-state index contributed by atoms with van der Waals surface area (Å²) in [5.41, 5.74) is 2.46. The highest BCUT2D eigenvalue weighted by Gasteiger charge is 2.15. The lowest BCUT2D eigenvalue weighted by Gasteiger charge is -2.06. The Kier molecular flexibility index (Phi) is 4.79. The molecule has 1 amide bonds. The van der Waals surface area contributed by atoms with Crippen LogP contribution in [0.2, 0.25) is 0 Å². The van der Waals surface area contributed by atoms with Crippen LogP contribution in [0, 0.1) is 0 Å². The molecule has 1 aliphatic heterocycles. The third-order valence-corrected chi connectivity index (χ3v) is 3.92. The summed E-state index contributed by atoms with van der Waals surface area (Å²) in [5.74, 6) is 1.05. The molecule has 0 unspecified atom stereocenters. The van der Waals surface area contributed by atoms with Crippen molar-refractivity contribution in [2.24, 2.45) is 0 Å². The Morgan fingerprint density at radius 2 is 1.75 bits per heavy atom. The molecular weight excluding hydrogens is 306 g/mol. The molecule has 0 spiro atoms. The first-order chi connectivity index (χ1) is 11.7. The molecule has 0 fully saturated rings. The van der Waals surface area contributed by atoms with E-state index >= 15 is 0 Å². The van der Waals surface area contributed by atoms with Gasteiger partial charge in [-0.25, -0.2) is 0 Å². The molecule has 2 aromatic carbocycles. The monoisotopic (exact) mass is 325 g/mol. The predicted molar refractivity (Wildman–Crippen MR) is 90.6 cm³/mol. The van der Waals surface area contributed by atoms with Crippen LogP contribution in [0.15, 0.2) is 42.5 Å². The number of hydrogen-bond acceptors (Lipinski definition) is 4. The van der Waals surface area contributed by atoms with Gasteiger partial charge in [0.25, 0.3) is 0 Å². The summed E-state index contributed by atoms with van der Waals surface area (Å²) >= 11 is 0. The zero-order chi connectivity index (χ0) is 16.9. The molecule has 0 saturated heterocycles. The molecule has 24 heavy (non-hydrogen) atoms. The van der Waals surface area contributed by atoms with Crippen molar-refractivity contribution in [2.45, 2.75) is 26.2 Å². The van der Waals surface area contributed by atoms with Crippen molar-refractivity contribution in [3.63, 3.8) is 0 Å². The summed E-state index contributed by atoms with van der Waals surface area (Å²) in [6, 6.07) is 12.7. The maximum absolute atomic E-state index is 12.1. The Bertz CT molecular complexity index is 752. The minimum absolute atomic E-state index is 0.0292. The van der Waals surface area contributed by atoms with Crippen LogP contribution in [0.1, 0.15) is 35.7 Å². The number of rotatable bonds is 6. The van der Waals surface area contributed by atoms with Crippen LogP contribution in [0.25, 0.3) is 0 Å². The highest BCUT2D eigenvalue weighted by Crippen LogP contribution is 2.34. The molecule has 3 rings (SSSR count). The first kappa shape index (κ1) is 16.1. The lowest BCUT2D eigenvalue weighted by Crippen LogP contribution is -2.13. The Morgan fingerprint density at radius 1 is 1.00 bits per heavy atom. The van der Waals surface area contributed by atoms with Gasteiger partial charge in [0.05, 0.1) is 0 Å². The van der Waals surface area contributed by atoms with Gasteiger partial charge in [0, 0.05) is 30.2 Å². The van der Waals surface area contributed by atoms with E-state index in [0.29, 0.717) is 22.7 Å². The molecule has 2 aromatic rings. The fourth-order valence-electron chi connectivity index (χ4n) is 2.50. The van der Waals surface area contributed by atoms with Crippen molar-refractivity contribution in [1.82, 2.24) is 0 Å². The Labute approximate surface area is 140 Å². The van der Waals surface area contributed by atoms with E-state index in [4.69, 9.17) is 9.47 Å². The molecule has 0 atom stereocenters. The summed E-state index contributed by atoms with van der Waals surface area (Å²) in [6.07, 6.45) is 1.26. The number of ketones is 1. The fourth-order valence-corrected chi connectivity index (χ4v) is 2.50. The first-order valence-electron chi connectivity index (χ1n) is 7.97. The molecule has 1 N–H and O–H groups in total. The molecule has 1 heterocycles. The Morgan fingerprint density at radius 3 is 2.50 bits per heavy atom. The number of benzene rings is 2. The summed E-state index contributed by atoms with van der Waals surface area (Å²) in [5, 5.41) is 2.77. The molecule has 124 valence electrons. The zero-order valence-electron chi connectivity index (χ0n) is 13.5. The van der Waals surface area contributed by atoms with Crippen molar-refractivity contribution < 1.29 is 19.1 Å². The molecule has 5 nitrogen and oxygen atoms in total. The molecule has 0 aromatic heterocycles. The second kappa shape index (κ2) is 7.17. The first-order valence-corrected chi connectivity index (χ1v) is 7.97. The fraction of sp³-hybridized carbons (Fsp3) is 0.263. The smallest absolute Gasteiger partial charge is 0.231 e. The van der Waals surface area contributed by atoms with Crippen molar-refractivity contribution in [3.05, 3.63) is 53.6 Å². The standard InChI is InChI=1S/C19H19NO4/c1-2-13-3-5-14(6-4-13)16(21)8-10-19(22)20-15-7-9-17-18(11-15)24-12-23-17/h3-7,9,11H,2,8,10,12H2,1H3,(H,20,22). The van der Waals surface area contributed by atoms with Crippen molar-refractivity contribution in [2.75, 3.05) is 12.1 Å². The van der Waals surface area contributed by atoms with Gasteiger partial charge in [-0.1, -0.05) is 31.2 Å². The average Bonchev–Trinajstić information content (AvgIpc) is 3.07. The second-order valence-corrected chi connectivity index (χ2v) is 5.59. The van der Waals surface area contributed by atoms with Gasteiger partial charge in [-0.3, -0.25) is 9.59 Å². The number of carbonyl (C=O) groups excluding carboxylic acids is 2. The maximum Gasteiger partial charge on any atom is 0.231 e. The topological polar surface area (TPSA) is 64.6 Å². The van der Waals surface area contributed by atoms with Crippen LogP contribution in [0.3, 0.4) is 0 Å². The quantitative estimate of drug-likeness (QED) is 0.825. The number of aryl methyl sites for hydroxylation is 1. The van der Waals surface area contributed by atoms with Crippen molar-refractivity contribution in [3.8, 4) is 11.5 Å².